The van der Waals surface area contributed by atoms with Crippen molar-refractivity contribution in [3.05, 3.63) is 33.9 Å². The van der Waals surface area contributed by atoms with E-state index in [9.17, 15) is 19.7 Å². The molecule has 0 unspecified atom stereocenters. The Balaban J connectivity index is 1.65. The van der Waals surface area contributed by atoms with Gasteiger partial charge in [0.1, 0.15) is 5.69 Å². The number of hydrogen-bond donors (Lipinski definition) is 0. The second-order valence-corrected chi connectivity index (χ2v) is 7.38. The summed E-state index contributed by atoms with van der Waals surface area (Å²) in [6.45, 7) is 2.59. The Kier molecular flexibility index (Phi) is 6.84. The summed E-state index contributed by atoms with van der Waals surface area (Å²) in [4.78, 5) is 39.3. The lowest BCUT2D eigenvalue weighted by atomic mass is 10.1. The average Bonchev–Trinajstić information content (AvgIpc) is 3.01. The van der Waals surface area contributed by atoms with Gasteiger partial charge >= 0.3 is 5.97 Å². The van der Waals surface area contributed by atoms with Crippen molar-refractivity contribution in [3.63, 3.8) is 0 Å². The number of rotatable bonds is 5. The van der Waals surface area contributed by atoms with E-state index in [0.717, 1.165) is 58.0 Å². The van der Waals surface area contributed by atoms with Crippen LogP contribution in [-0.2, 0) is 9.53 Å². The van der Waals surface area contributed by atoms with Crippen molar-refractivity contribution >= 4 is 23.3 Å². The van der Waals surface area contributed by atoms with Crippen LogP contribution in [0.15, 0.2) is 18.2 Å². The van der Waals surface area contributed by atoms with Crippen LogP contribution in [0.1, 0.15) is 55.3 Å². The van der Waals surface area contributed by atoms with Crippen molar-refractivity contribution in [3.8, 4) is 0 Å². The van der Waals surface area contributed by atoms with Gasteiger partial charge in [0.25, 0.3) is 11.6 Å². The molecule has 8 heteroatoms. The minimum absolute atomic E-state index is 0.0936. The van der Waals surface area contributed by atoms with Crippen molar-refractivity contribution in [2.24, 2.45) is 0 Å². The van der Waals surface area contributed by atoms with E-state index >= 15 is 0 Å². The third-order valence-corrected chi connectivity index (χ3v) is 5.39. The summed E-state index contributed by atoms with van der Waals surface area (Å²) in [5, 5.41) is 11.5. The van der Waals surface area contributed by atoms with Crippen LogP contribution in [0.25, 0.3) is 0 Å². The van der Waals surface area contributed by atoms with Gasteiger partial charge in [0.2, 0.25) is 0 Å². The maximum absolute atomic E-state index is 12.3. The van der Waals surface area contributed by atoms with Crippen molar-refractivity contribution in [2.75, 3.05) is 37.7 Å². The van der Waals surface area contributed by atoms with Crippen molar-refractivity contribution < 1.29 is 19.2 Å². The van der Waals surface area contributed by atoms with E-state index in [2.05, 4.69) is 0 Å². The van der Waals surface area contributed by atoms with E-state index in [-0.39, 0.29) is 23.8 Å². The summed E-state index contributed by atoms with van der Waals surface area (Å²) in [5.41, 5.74) is 0.521. The topological polar surface area (TPSA) is 93.0 Å². The largest absolute Gasteiger partial charge is 0.452 e. The number of hydrogen-bond acceptors (Lipinski definition) is 6. The SMILES string of the molecule is O=C(OCC(=O)N1CCCCCC1)c1ccc(N2CCCCC2)c([N+](=O)[O-])c1. The molecule has 0 aromatic heterocycles. The zero-order chi connectivity index (χ0) is 19.9. The molecular formula is C20H27N3O5. The van der Waals surface area contributed by atoms with E-state index in [0.29, 0.717) is 18.8 Å². The quantitative estimate of drug-likeness (QED) is 0.436. The van der Waals surface area contributed by atoms with Gasteiger partial charge in [0.05, 0.1) is 10.5 Å². The summed E-state index contributed by atoms with van der Waals surface area (Å²) in [5.74, 6) is -0.925. The average molecular weight is 389 g/mol. The highest BCUT2D eigenvalue weighted by molar-refractivity contribution is 5.93. The molecule has 1 aromatic rings. The Morgan fingerprint density at radius 2 is 1.57 bits per heavy atom. The van der Waals surface area contributed by atoms with E-state index in [1.165, 1.54) is 12.1 Å². The molecule has 8 nitrogen and oxygen atoms in total. The smallest absolute Gasteiger partial charge is 0.338 e. The van der Waals surface area contributed by atoms with Gasteiger partial charge in [-0.15, -0.1) is 0 Å². The van der Waals surface area contributed by atoms with Crippen molar-refractivity contribution in [1.82, 2.24) is 4.90 Å². The van der Waals surface area contributed by atoms with Crippen molar-refractivity contribution in [1.29, 1.82) is 0 Å². The van der Waals surface area contributed by atoms with E-state index in [1.54, 1.807) is 11.0 Å². The van der Waals surface area contributed by atoms with Gasteiger partial charge in [-0.3, -0.25) is 14.9 Å². The highest BCUT2D eigenvalue weighted by Crippen LogP contribution is 2.31. The summed E-state index contributed by atoms with van der Waals surface area (Å²) in [6, 6.07) is 4.40. The van der Waals surface area contributed by atoms with Gasteiger partial charge in [-0.25, -0.2) is 4.79 Å². The maximum Gasteiger partial charge on any atom is 0.338 e. The Morgan fingerprint density at radius 1 is 0.964 bits per heavy atom. The number of amides is 1. The fraction of sp³-hybridized carbons (Fsp3) is 0.600. The molecule has 152 valence electrons. The molecule has 3 rings (SSSR count). The van der Waals surface area contributed by atoms with Crippen LogP contribution < -0.4 is 4.90 Å². The first-order valence-corrected chi connectivity index (χ1v) is 10.0. The molecule has 2 heterocycles. The Hall–Kier alpha value is -2.64. The molecular weight excluding hydrogens is 362 g/mol. The molecule has 1 amide bonds. The highest BCUT2D eigenvalue weighted by Gasteiger charge is 2.24. The molecule has 2 saturated heterocycles. The van der Waals surface area contributed by atoms with Crippen LogP contribution in [0.2, 0.25) is 0 Å². The number of piperidine rings is 1. The molecule has 0 aliphatic carbocycles. The summed E-state index contributed by atoms with van der Waals surface area (Å²) in [7, 11) is 0. The lowest BCUT2D eigenvalue weighted by Gasteiger charge is -2.28. The predicted octanol–water partition coefficient (Wildman–Crippen LogP) is 3.14. The minimum Gasteiger partial charge on any atom is -0.452 e. The van der Waals surface area contributed by atoms with Gasteiger partial charge in [0, 0.05) is 32.2 Å². The molecule has 0 atom stereocenters. The first kappa shape index (κ1) is 20.1. The maximum atomic E-state index is 12.3. The lowest BCUT2D eigenvalue weighted by Crippen LogP contribution is -2.35. The van der Waals surface area contributed by atoms with E-state index in [1.807, 2.05) is 4.90 Å². The number of benzene rings is 1. The number of carbonyl (C=O) groups excluding carboxylic acids is 2. The Bertz CT molecular complexity index is 723. The van der Waals surface area contributed by atoms with Gasteiger partial charge < -0.3 is 14.5 Å². The third-order valence-electron chi connectivity index (χ3n) is 5.39. The van der Waals surface area contributed by atoms with Gasteiger partial charge in [-0.2, -0.15) is 0 Å². The van der Waals surface area contributed by atoms with Crippen LogP contribution >= 0.6 is 0 Å². The standard InChI is InChI=1S/C20H27N3O5/c24-19(22-12-4-1-2-5-13-22)15-28-20(25)16-8-9-17(18(14-16)23(26)27)21-10-6-3-7-11-21/h8-9,14H,1-7,10-13,15H2. The van der Waals surface area contributed by atoms with Crippen LogP contribution in [-0.4, -0.2) is 54.5 Å². The summed E-state index contributed by atoms with van der Waals surface area (Å²) in [6.07, 6.45) is 7.26. The molecule has 1 aromatic carbocycles. The number of ether oxygens (including phenoxy) is 1. The molecule has 0 spiro atoms. The molecule has 28 heavy (non-hydrogen) atoms. The van der Waals surface area contributed by atoms with E-state index < -0.39 is 10.9 Å². The lowest BCUT2D eigenvalue weighted by molar-refractivity contribution is -0.384. The molecule has 2 fully saturated rings. The minimum atomic E-state index is -0.712. The second-order valence-electron chi connectivity index (χ2n) is 7.38. The number of nitrogens with zero attached hydrogens (tertiary/aromatic N) is 3. The fourth-order valence-electron chi connectivity index (χ4n) is 3.82. The summed E-state index contributed by atoms with van der Waals surface area (Å²) < 4.78 is 5.14. The zero-order valence-corrected chi connectivity index (χ0v) is 16.1. The second kappa shape index (κ2) is 9.52. The Morgan fingerprint density at radius 3 is 2.21 bits per heavy atom. The first-order valence-electron chi connectivity index (χ1n) is 10.0. The molecule has 0 N–H and O–H groups in total. The number of likely N-dealkylation sites (tertiary alicyclic amines) is 1. The highest BCUT2D eigenvalue weighted by atomic mass is 16.6. The van der Waals surface area contributed by atoms with Crippen molar-refractivity contribution in [2.45, 2.75) is 44.9 Å². The normalized spacial score (nSPS) is 17.7. The van der Waals surface area contributed by atoms with Crippen LogP contribution in [0.4, 0.5) is 11.4 Å². The molecule has 0 radical (unpaired) electrons. The Labute approximate surface area is 164 Å². The molecule has 2 aliphatic rings. The number of nitro benzene ring substituents is 1. The van der Waals surface area contributed by atoms with E-state index in [4.69, 9.17) is 4.74 Å². The monoisotopic (exact) mass is 389 g/mol. The number of nitro groups is 1. The predicted molar refractivity (Wildman–Crippen MR) is 104 cm³/mol. The van der Waals surface area contributed by atoms with Crippen LogP contribution in [0.5, 0.6) is 0 Å². The van der Waals surface area contributed by atoms with Gasteiger partial charge in [-0.1, -0.05) is 12.8 Å². The third kappa shape index (κ3) is 4.99. The first-order chi connectivity index (χ1) is 13.6. The van der Waals surface area contributed by atoms with Crippen LogP contribution in [0, 0.1) is 10.1 Å². The number of esters is 1. The van der Waals surface area contributed by atoms with Gasteiger partial charge in [-0.05, 0) is 44.2 Å². The van der Waals surface area contributed by atoms with Gasteiger partial charge in [0.15, 0.2) is 6.61 Å². The summed E-state index contributed by atoms with van der Waals surface area (Å²) >= 11 is 0. The van der Waals surface area contributed by atoms with Crippen LogP contribution in [0.3, 0.4) is 0 Å². The molecule has 0 saturated carbocycles. The fourth-order valence-corrected chi connectivity index (χ4v) is 3.82. The number of carbonyl (C=O) groups is 2. The number of anilines is 1. The molecule has 2 aliphatic heterocycles. The molecule has 0 bridgehead atoms. The zero-order valence-electron chi connectivity index (χ0n) is 16.1.